The molecule has 0 bridgehead atoms. The van der Waals surface area contributed by atoms with Crippen LogP contribution in [-0.4, -0.2) is 10.9 Å². The normalized spacial score (nSPS) is 11.9. The van der Waals surface area contributed by atoms with Crippen LogP contribution >= 0.6 is 0 Å². The molecule has 0 aliphatic heterocycles. The van der Waals surface area contributed by atoms with Crippen LogP contribution in [0.5, 0.6) is 0 Å². The van der Waals surface area contributed by atoms with E-state index in [-0.39, 0.29) is 11.9 Å². The lowest BCUT2D eigenvalue weighted by atomic mass is 10.1. The minimum atomic E-state index is -0.0994. The molecule has 2 aromatic rings. The molecule has 0 saturated heterocycles. The van der Waals surface area contributed by atoms with Crippen LogP contribution in [0.2, 0.25) is 0 Å². The highest BCUT2D eigenvalue weighted by molar-refractivity contribution is 5.94. The van der Waals surface area contributed by atoms with Gasteiger partial charge in [0.1, 0.15) is 0 Å². The number of hydrogen-bond donors (Lipinski definition) is 1. The van der Waals surface area contributed by atoms with Crippen molar-refractivity contribution in [1.29, 1.82) is 0 Å². The van der Waals surface area contributed by atoms with E-state index < -0.39 is 0 Å². The first kappa shape index (κ1) is 12.3. The molecular weight excluding hydrogens is 224 g/mol. The van der Waals surface area contributed by atoms with Crippen LogP contribution in [0, 0.1) is 6.92 Å². The number of benzene rings is 1. The molecule has 3 heteroatoms. The second-order valence-electron chi connectivity index (χ2n) is 4.32. The highest BCUT2D eigenvalue weighted by Crippen LogP contribution is 2.11. The summed E-state index contributed by atoms with van der Waals surface area (Å²) in [6.45, 7) is 3.94. The number of aryl methyl sites for hydroxylation is 1. The Bertz CT molecular complexity index is 537. The minimum absolute atomic E-state index is 0.0774. The van der Waals surface area contributed by atoms with Crippen LogP contribution in [0.1, 0.15) is 34.6 Å². The van der Waals surface area contributed by atoms with Crippen molar-refractivity contribution >= 4 is 5.91 Å². The number of hydrogen-bond acceptors (Lipinski definition) is 2. The van der Waals surface area contributed by atoms with Gasteiger partial charge in [0.25, 0.3) is 5.91 Å². The largest absolute Gasteiger partial charge is 0.344 e. The molecule has 2 rings (SSSR count). The fourth-order valence-electron chi connectivity index (χ4n) is 1.74. The molecule has 1 atom stereocenters. The molecule has 0 saturated carbocycles. The first-order valence-corrected chi connectivity index (χ1v) is 5.95. The Labute approximate surface area is 107 Å². The quantitative estimate of drug-likeness (QED) is 0.896. The van der Waals surface area contributed by atoms with E-state index in [1.807, 2.05) is 44.2 Å². The smallest absolute Gasteiger partial charge is 0.251 e. The Hall–Kier alpha value is -2.16. The summed E-state index contributed by atoms with van der Waals surface area (Å²) in [4.78, 5) is 16.2. The Balaban J connectivity index is 2.08. The van der Waals surface area contributed by atoms with Gasteiger partial charge in [-0.2, -0.15) is 0 Å². The van der Waals surface area contributed by atoms with Crippen molar-refractivity contribution < 1.29 is 4.79 Å². The van der Waals surface area contributed by atoms with Gasteiger partial charge in [-0.15, -0.1) is 0 Å². The molecule has 1 amide bonds. The van der Waals surface area contributed by atoms with Crippen molar-refractivity contribution in [3.05, 3.63) is 65.5 Å². The molecule has 0 spiro atoms. The molecule has 18 heavy (non-hydrogen) atoms. The van der Waals surface area contributed by atoms with Gasteiger partial charge in [-0.3, -0.25) is 9.78 Å². The third-order valence-corrected chi connectivity index (χ3v) is 2.76. The number of amides is 1. The van der Waals surface area contributed by atoms with E-state index in [4.69, 9.17) is 0 Å². The SMILES string of the molecule is Cc1ccnc(C(C)NC(=O)c2ccccc2)c1. The van der Waals surface area contributed by atoms with Crippen LogP contribution in [-0.2, 0) is 0 Å². The molecule has 0 radical (unpaired) electrons. The van der Waals surface area contributed by atoms with Crippen molar-refractivity contribution in [3.8, 4) is 0 Å². The molecule has 0 fully saturated rings. The van der Waals surface area contributed by atoms with Gasteiger partial charge in [0.2, 0.25) is 0 Å². The van der Waals surface area contributed by atoms with Crippen LogP contribution < -0.4 is 5.32 Å². The zero-order valence-corrected chi connectivity index (χ0v) is 10.6. The van der Waals surface area contributed by atoms with Gasteiger partial charge in [-0.05, 0) is 43.7 Å². The van der Waals surface area contributed by atoms with E-state index in [0.717, 1.165) is 11.3 Å². The van der Waals surface area contributed by atoms with E-state index in [1.165, 1.54) is 0 Å². The number of carbonyl (C=O) groups is 1. The molecule has 3 nitrogen and oxygen atoms in total. The monoisotopic (exact) mass is 240 g/mol. The molecule has 1 heterocycles. The molecule has 1 aromatic carbocycles. The summed E-state index contributed by atoms with van der Waals surface area (Å²) >= 11 is 0. The van der Waals surface area contributed by atoms with Crippen molar-refractivity contribution in [2.75, 3.05) is 0 Å². The summed E-state index contributed by atoms with van der Waals surface area (Å²) in [6.07, 6.45) is 1.76. The summed E-state index contributed by atoms with van der Waals surface area (Å²) in [5.41, 5.74) is 2.68. The van der Waals surface area contributed by atoms with Crippen LogP contribution in [0.15, 0.2) is 48.7 Å². The zero-order valence-electron chi connectivity index (χ0n) is 10.6. The average molecular weight is 240 g/mol. The first-order valence-electron chi connectivity index (χ1n) is 5.95. The number of nitrogens with one attached hydrogen (secondary N) is 1. The van der Waals surface area contributed by atoms with Crippen molar-refractivity contribution in [2.45, 2.75) is 19.9 Å². The molecular formula is C15H16N2O. The van der Waals surface area contributed by atoms with Crippen LogP contribution in [0.3, 0.4) is 0 Å². The second kappa shape index (κ2) is 5.45. The molecule has 0 aliphatic rings. The summed E-state index contributed by atoms with van der Waals surface area (Å²) < 4.78 is 0. The van der Waals surface area contributed by atoms with Gasteiger partial charge < -0.3 is 5.32 Å². The third kappa shape index (κ3) is 2.94. The summed E-state index contributed by atoms with van der Waals surface area (Å²) in [6, 6.07) is 13.0. The Morgan fingerprint density at radius 3 is 2.61 bits per heavy atom. The molecule has 0 aliphatic carbocycles. The van der Waals surface area contributed by atoms with Gasteiger partial charge in [0.05, 0.1) is 11.7 Å². The minimum Gasteiger partial charge on any atom is -0.344 e. The number of aromatic nitrogens is 1. The molecule has 1 unspecified atom stereocenters. The highest BCUT2D eigenvalue weighted by Gasteiger charge is 2.11. The molecule has 1 N–H and O–H groups in total. The van der Waals surface area contributed by atoms with Gasteiger partial charge in [0, 0.05) is 11.8 Å². The van der Waals surface area contributed by atoms with E-state index in [9.17, 15) is 4.79 Å². The predicted octanol–water partition coefficient (Wildman–Crippen LogP) is 2.88. The predicted molar refractivity (Wildman–Crippen MR) is 71.3 cm³/mol. The number of carbonyl (C=O) groups excluding carboxylic acids is 1. The summed E-state index contributed by atoms with van der Waals surface area (Å²) in [5.74, 6) is -0.0774. The van der Waals surface area contributed by atoms with Gasteiger partial charge in [-0.1, -0.05) is 18.2 Å². The molecule has 92 valence electrons. The standard InChI is InChI=1S/C15H16N2O/c1-11-8-9-16-14(10-11)12(2)17-15(18)13-6-4-3-5-7-13/h3-10,12H,1-2H3,(H,17,18). The lowest BCUT2D eigenvalue weighted by Gasteiger charge is -2.13. The van der Waals surface area contributed by atoms with Crippen LogP contribution in [0.25, 0.3) is 0 Å². The Morgan fingerprint density at radius 1 is 1.22 bits per heavy atom. The maximum absolute atomic E-state index is 12.0. The fraction of sp³-hybridized carbons (Fsp3) is 0.200. The van der Waals surface area contributed by atoms with Crippen molar-refractivity contribution in [1.82, 2.24) is 10.3 Å². The maximum Gasteiger partial charge on any atom is 0.251 e. The van der Waals surface area contributed by atoms with E-state index in [2.05, 4.69) is 10.3 Å². The second-order valence-corrected chi connectivity index (χ2v) is 4.32. The van der Waals surface area contributed by atoms with Crippen LogP contribution in [0.4, 0.5) is 0 Å². The number of rotatable bonds is 3. The van der Waals surface area contributed by atoms with E-state index in [1.54, 1.807) is 18.3 Å². The molecule has 1 aromatic heterocycles. The lowest BCUT2D eigenvalue weighted by Crippen LogP contribution is -2.27. The number of pyridine rings is 1. The van der Waals surface area contributed by atoms with Gasteiger partial charge >= 0.3 is 0 Å². The first-order chi connectivity index (χ1) is 8.66. The summed E-state index contributed by atoms with van der Waals surface area (Å²) in [5, 5.41) is 2.94. The average Bonchev–Trinajstić information content (AvgIpc) is 2.39. The summed E-state index contributed by atoms with van der Waals surface area (Å²) in [7, 11) is 0. The third-order valence-electron chi connectivity index (χ3n) is 2.76. The lowest BCUT2D eigenvalue weighted by molar-refractivity contribution is 0.0939. The van der Waals surface area contributed by atoms with Gasteiger partial charge in [0.15, 0.2) is 0 Å². The van der Waals surface area contributed by atoms with Crippen molar-refractivity contribution in [2.24, 2.45) is 0 Å². The Kier molecular flexibility index (Phi) is 3.72. The number of nitrogens with zero attached hydrogens (tertiary/aromatic N) is 1. The van der Waals surface area contributed by atoms with E-state index in [0.29, 0.717) is 5.56 Å². The fourth-order valence-corrected chi connectivity index (χ4v) is 1.74. The van der Waals surface area contributed by atoms with E-state index >= 15 is 0 Å². The maximum atomic E-state index is 12.0. The van der Waals surface area contributed by atoms with Crippen molar-refractivity contribution in [3.63, 3.8) is 0 Å². The Morgan fingerprint density at radius 2 is 1.94 bits per heavy atom. The highest BCUT2D eigenvalue weighted by atomic mass is 16.1. The zero-order chi connectivity index (χ0) is 13.0. The van der Waals surface area contributed by atoms with Gasteiger partial charge in [-0.25, -0.2) is 0 Å². The topological polar surface area (TPSA) is 42.0 Å².